The molecular formula is C25H28O5. The van der Waals surface area contributed by atoms with Gasteiger partial charge in [-0.3, -0.25) is 4.79 Å². The standard InChI is InChI=1S/C25H28O5/c1-15(2)5-4-11-25(3)12-10-18-22(30-25)14-20(28)23-19(27)13-21(29-24(18)23)16-6-8-17(26)9-7-16/h5-9,14,21,26,28H,4,10-13H2,1-3H3/t21-,25?/m0/s1. The molecule has 2 aliphatic rings. The second kappa shape index (κ2) is 7.71. The number of hydrogen-bond donors (Lipinski definition) is 2. The SMILES string of the molecule is CC(C)=CCCC1(C)CCc2c(cc(O)c3c2O[C@H](c2ccc(O)cc2)CC3=O)O1. The molecule has 30 heavy (non-hydrogen) atoms. The van der Waals surface area contributed by atoms with Crippen LogP contribution in [0.2, 0.25) is 0 Å². The van der Waals surface area contributed by atoms with Crippen LogP contribution in [0.25, 0.3) is 0 Å². The van der Waals surface area contributed by atoms with Gasteiger partial charge >= 0.3 is 0 Å². The third-order valence-electron chi connectivity index (χ3n) is 5.98. The van der Waals surface area contributed by atoms with Gasteiger partial charge in [-0.2, -0.15) is 0 Å². The first-order chi connectivity index (χ1) is 14.3. The quantitative estimate of drug-likeness (QED) is 0.641. The van der Waals surface area contributed by atoms with E-state index in [1.54, 1.807) is 30.3 Å². The molecule has 5 nitrogen and oxygen atoms in total. The van der Waals surface area contributed by atoms with Crippen LogP contribution < -0.4 is 9.47 Å². The van der Waals surface area contributed by atoms with E-state index in [9.17, 15) is 15.0 Å². The van der Waals surface area contributed by atoms with Crippen molar-refractivity contribution in [3.63, 3.8) is 0 Å². The second-order valence-corrected chi connectivity index (χ2v) is 8.77. The lowest BCUT2D eigenvalue weighted by atomic mass is 9.85. The van der Waals surface area contributed by atoms with Crippen LogP contribution >= 0.6 is 0 Å². The number of ketones is 1. The maximum Gasteiger partial charge on any atom is 0.174 e. The van der Waals surface area contributed by atoms with E-state index >= 15 is 0 Å². The molecule has 0 fully saturated rings. The monoisotopic (exact) mass is 408 g/mol. The minimum absolute atomic E-state index is 0.0912. The minimum Gasteiger partial charge on any atom is -0.508 e. The van der Waals surface area contributed by atoms with E-state index < -0.39 is 6.10 Å². The maximum atomic E-state index is 12.8. The Balaban J connectivity index is 1.65. The van der Waals surface area contributed by atoms with Crippen LogP contribution in [0, 0.1) is 0 Å². The van der Waals surface area contributed by atoms with Crippen molar-refractivity contribution in [2.45, 2.75) is 64.6 Å². The lowest BCUT2D eigenvalue weighted by Crippen LogP contribution is -2.36. The van der Waals surface area contributed by atoms with Gasteiger partial charge in [-0.1, -0.05) is 23.8 Å². The first kappa shape index (κ1) is 20.3. The van der Waals surface area contributed by atoms with Gasteiger partial charge in [-0.15, -0.1) is 0 Å². The number of benzene rings is 2. The molecule has 0 radical (unpaired) electrons. The third-order valence-corrected chi connectivity index (χ3v) is 5.98. The van der Waals surface area contributed by atoms with Crippen molar-refractivity contribution in [1.29, 1.82) is 0 Å². The summed E-state index contributed by atoms with van der Waals surface area (Å²) in [5.41, 5.74) is 2.87. The molecule has 0 saturated heterocycles. The summed E-state index contributed by atoms with van der Waals surface area (Å²) in [6, 6.07) is 8.23. The van der Waals surface area contributed by atoms with Crippen LogP contribution in [0.4, 0.5) is 0 Å². The summed E-state index contributed by atoms with van der Waals surface area (Å²) >= 11 is 0. The Bertz CT molecular complexity index is 1000. The highest BCUT2D eigenvalue weighted by molar-refractivity contribution is 6.03. The summed E-state index contributed by atoms with van der Waals surface area (Å²) < 4.78 is 12.6. The predicted octanol–water partition coefficient (Wildman–Crippen LogP) is 5.63. The first-order valence-corrected chi connectivity index (χ1v) is 10.5. The van der Waals surface area contributed by atoms with Gasteiger partial charge < -0.3 is 19.7 Å². The molecule has 2 heterocycles. The lowest BCUT2D eigenvalue weighted by Gasteiger charge is -2.38. The van der Waals surface area contributed by atoms with Gasteiger partial charge in [0, 0.05) is 11.6 Å². The molecule has 2 N–H and O–H groups in total. The van der Waals surface area contributed by atoms with E-state index in [1.807, 2.05) is 0 Å². The van der Waals surface area contributed by atoms with E-state index in [0.717, 1.165) is 36.8 Å². The van der Waals surface area contributed by atoms with Gasteiger partial charge in [0.1, 0.15) is 40.3 Å². The second-order valence-electron chi connectivity index (χ2n) is 8.77. The number of fused-ring (bicyclic) bond motifs is 3. The van der Waals surface area contributed by atoms with Crippen LogP contribution in [0.15, 0.2) is 42.0 Å². The zero-order valence-corrected chi connectivity index (χ0v) is 17.7. The molecule has 0 bridgehead atoms. The van der Waals surface area contributed by atoms with Crippen molar-refractivity contribution in [3.05, 3.63) is 58.7 Å². The number of Topliss-reactive ketones (excluding diaryl/α,β-unsaturated/α-hetero) is 1. The largest absolute Gasteiger partial charge is 0.508 e. The Morgan fingerprint density at radius 1 is 1.23 bits per heavy atom. The lowest BCUT2D eigenvalue weighted by molar-refractivity contribution is 0.0538. The summed E-state index contributed by atoms with van der Waals surface area (Å²) in [7, 11) is 0. The Labute approximate surface area is 177 Å². The maximum absolute atomic E-state index is 12.8. The molecule has 0 aliphatic carbocycles. The molecule has 5 heteroatoms. The van der Waals surface area contributed by atoms with Gasteiger partial charge in [0.25, 0.3) is 0 Å². The van der Waals surface area contributed by atoms with Gasteiger partial charge in [0.2, 0.25) is 0 Å². The van der Waals surface area contributed by atoms with Gasteiger partial charge in [-0.05, 0) is 64.2 Å². The molecule has 4 rings (SSSR count). The number of carbonyl (C=O) groups excluding carboxylic acids is 1. The number of ether oxygens (including phenoxy) is 2. The zero-order valence-electron chi connectivity index (χ0n) is 17.7. The molecule has 158 valence electrons. The van der Waals surface area contributed by atoms with Crippen LogP contribution in [-0.2, 0) is 6.42 Å². The average molecular weight is 408 g/mol. The average Bonchev–Trinajstić information content (AvgIpc) is 2.67. The topological polar surface area (TPSA) is 76.0 Å². The number of allylic oxidation sites excluding steroid dienone is 2. The number of hydrogen-bond acceptors (Lipinski definition) is 5. The zero-order chi connectivity index (χ0) is 21.5. The van der Waals surface area contributed by atoms with Crippen LogP contribution in [-0.4, -0.2) is 21.6 Å². The normalized spacial score (nSPS) is 22.4. The molecule has 1 unspecified atom stereocenters. The van der Waals surface area contributed by atoms with E-state index in [1.165, 1.54) is 5.57 Å². The van der Waals surface area contributed by atoms with Crippen molar-refractivity contribution >= 4 is 5.78 Å². The van der Waals surface area contributed by atoms with Crippen LogP contribution in [0.5, 0.6) is 23.0 Å². The smallest absolute Gasteiger partial charge is 0.174 e. The highest BCUT2D eigenvalue weighted by atomic mass is 16.5. The summed E-state index contributed by atoms with van der Waals surface area (Å²) in [4.78, 5) is 12.8. The number of rotatable bonds is 4. The van der Waals surface area contributed by atoms with Crippen molar-refractivity contribution in [2.75, 3.05) is 0 Å². The van der Waals surface area contributed by atoms with E-state index in [-0.39, 0.29) is 34.9 Å². The van der Waals surface area contributed by atoms with Crippen molar-refractivity contribution in [3.8, 4) is 23.0 Å². The van der Waals surface area contributed by atoms with Gasteiger partial charge in [0.05, 0.1) is 6.42 Å². The number of phenols is 2. The van der Waals surface area contributed by atoms with E-state index in [2.05, 4.69) is 26.8 Å². The minimum atomic E-state index is -0.456. The molecular weight excluding hydrogens is 380 g/mol. The van der Waals surface area contributed by atoms with Crippen molar-refractivity contribution in [1.82, 2.24) is 0 Å². The van der Waals surface area contributed by atoms with Gasteiger partial charge in [-0.25, -0.2) is 0 Å². The Morgan fingerprint density at radius 2 is 1.97 bits per heavy atom. The Morgan fingerprint density at radius 3 is 2.67 bits per heavy atom. The fourth-order valence-corrected chi connectivity index (χ4v) is 4.27. The van der Waals surface area contributed by atoms with Crippen LogP contribution in [0.1, 0.15) is 74.0 Å². The van der Waals surface area contributed by atoms with Crippen LogP contribution in [0.3, 0.4) is 0 Å². The summed E-state index contributed by atoms with van der Waals surface area (Å²) in [6.45, 7) is 6.27. The fraction of sp³-hybridized carbons (Fsp3) is 0.400. The van der Waals surface area contributed by atoms with E-state index in [4.69, 9.17) is 9.47 Å². The summed E-state index contributed by atoms with van der Waals surface area (Å²) in [5, 5.41) is 20.1. The molecule has 0 aromatic heterocycles. The summed E-state index contributed by atoms with van der Waals surface area (Å²) in [6.07, 6.45) is 5.24. The Hall–Kier alpha value is -2.95. The predicted molar refractivity (Wildman–Crippen MR) is 115 cm³/mol. The first-order valence-electron chi connectivity index (χ1n) is 10.5. The van der Waals surface area contributed by atoms with E-state index in [0.29, 0.717) is 11.5 Å². The summed E-state index contributed by atoms with van der Waals surface area (Å²) in [5.74, 6) is 0.956. The Kier molecular flexibility index (Phi) is 5.22. The van der Waals surface area contributed by atoms with Crippen molar-refractivity contribution < 1.29 is 24.5 Å². The number of phenolic OH excluding ortho intramolecular Hbond substituents is 2. The molecule has 0 spiro atoms. The molecule has 2 atom stereocenters. The molecule has 2 aromatic carbocycles. The highest BCUT2D eigenvalue weighted by Crippen LogP contribution is 2.49. The number of carbonyl (C=O) groups is 1. The number of aromatic hydroxyl groups is 2. The van der Waals surface area contributed by atoms with Crippen molar-refractivity contribution in [2.24, 2.45) is 0 Å². The molecule has 2 aliphatic heterocycles. The molecule has 2 aromatic rings. The highest BCUT2D eigenvalue weighted by Gasteiger charge is 2.38. The van der Waals surface area contributed by atoms with Gasteiger partial charge in [0.15, 0.2) is 5.78 Å². The molecule has 0 amide bonds. The molecule has 0 saturated carbocycles. The fourth-order valence-electron chi connectivity index (χ4n) is 4.27. The third kappa shape index (κ3) is 3.89.